The van der Waals surface area contributed by atoms with Gasteiger partial charge in [0.15, 0.2) is 11.6 Å². The van der Waals surface area contributed by atoms with Gasteiger partial charge < -0.3 is 5.32 Å². The number of anilines is 1. The molecule has 0 atom stereocenters. The van der Waals surface area contributed by atoms with Gasteiger partial charge in [-0.05, 0) is 24.3 Å². The molecule has 0 bridgehead atoms. The topological polar surface area (TPSA) is 29.1 Å². The minimum absolute atomic E-state index is 0.0792. The Morgan fingerprint density at radius 2 is 1.63 bits per heavy atom. The van der Waals surface area contributed by atoms with Crippen molar-refractivity contribution in [2.75, 3.05) is 5.32 Å². The molecule has 0 fully saturated rings. The molecule has 2 rings (SSSR count). The lowest BCUT2D eigenvalue weighted by molar-refractivity contribution is 0.102. The van der Waals surface area contributed by atoms with Crippen molar-refractivity contribution in [3.05, 3.63) is 63.6 Å². The smallest absolute Gasteiger partial charge is 0.258 e. The van der Waals surface area contributed by atoms with Gasteiger partial charge >= 0.3 is 0 Å². The number of halogens is 4. The summed E-state index contributed by atoms with van der Waals surface area (Å²) in [5, 5.41) is 2.74. The van der Waals surface area contributed by atoms with Gasteiger partial charge in [-0.1, -0.05) is 29.3 Å². The first-order valence-corrected chi connectivity index (χ1v) is 5.95. The van der Waals surface area contributed by atoms with E-state index in [1.54, 1.807) is 6.07 Å². The number of carbonyl (C=O) groups is 1. The Balaban J connectivity index is 2.28. The van der Waals surface area contributed by atoms with E-state index in [0.29, 0.717) is 0 Å². The Kier molecular flexibility index (Phi) is 4.02. The maximum atomic E-state index is 13.0. The molecule has 2 aromatic rings. The number of nitrogens with one attached hydrogen (secondary N) is 1. The maximum Gasteiger partial charge on any atom is 0.258 e. The fraction of sp³-hybridized carbons (Fsp3) is 0. The molecule has 98 valence electrons. The lowest BCUT2D eigenvalue weighted by atomic mass is 10.2. The van der Waals surface area contributed by atoms with Crippen molar-refractivity contribution in [2.24, 2.45) is 0 Å². The SMILES string of the molecule is O=C(Nc1ccc(F)c(F)c1)c1c(Cl)cccc1Cl. The van der Waals surface area contributed by atoms with Crippen LogP contribution >= 0.6 is 23.2 Å². The molecule has 0 saturated heterocycles. The molecule has 1 amide bonds. The third kappa shape index (κ3) is 3.03. The lowest BCUT2D eigenvalue weighted by Crippen LogP contribution is -2.13. The molecule has 0 aliphatic rings. The Hall–Kier alpha value is -1.65. The molecule has 2 nitrogen and oxygen atoms in total. The molecule has 0 saturated carbocycles. The van der Waals surface area contributed by atoms with Crippen molar-refractivity contribution in [2.45, 2.75) is 0 Å². The van der Waals surface area contributed by atoms with Crippen molar-refractivity contribution >= 4 is 34.8 Å². The molecule has 0 unspecified atom stereocenters. The van der Waals surface area contributed by atoms with Crippen LogP contribution in [0, 0.1) is 11.6 Å². The molecule has 19 heavy (non-hydrogen) atoms. The van der Waals surface area contributed by atoms with Gasteiger partial charge in [0.1, 0.15) is 0 Å². The van der Waals surface area contributed by atoms with E-state index < -0.39 is 17.5 Å². The van der Waals surface area contributed by atoms with Gasteiger partial charge in [-0.25, -0.2) is 8.78 Å². The average Bonchev–Trinajstić information content (AvgIpc) is 2.33. The Labute approximate surface area is 118 Å². The van der Waals surface area contributed by atoms with E-state index in [1.165, 1.54) is 18.2 Å². The van der Waals surface area contributed by atoms with E-state index in [-0.39, 0.29) is 21.3 Å². The highest BCUT2D eigenvalue weighted by atomic mass is 35.5. The van der Waals surface area contributed by atoms with Crippen LogP contribution in [0.3, 0.4) is 0 Å². The fourth-order valence-corrected chi connectivity index (χ4v) is 2.05. The van der Waals surface area contributed by atoms with Gasteiger partial charge in [0.05, 0.1) is 15.6 Å². The number of rotatable bonds is 2. The summed E-state index contributed by atoms with van der Waals surface area (Å²) in [4.78, 5) is 12.0. The van der Waals surface area contributed by atoms with Crippen molar-refractivity contribution in [3.63, 3.8) is 0 Å². The van der Waals surface area contributed by atoms with Gasteiger partial charge in [-0.3, -0.25) is 4.79 Å². The number of benzene rings is 2. The van der Waals surface area contributed by atoms with Gasteiger partial charge in [0.2, 0.25) is 0 Å². The summed E-state index contributed by atoms with van der Waals surface area (Å²) in [5.74, 6) is -2.64. The summed E-state index contributed by atoms with van der Waals surface area (Å²) in [5.41, 5.74) is 0.190. The van der Waals surface area contributed by atoms with E-state index in [9.17, 15) is 13.6 Å². The molecular weight excluding hydrogens is 295 g/mol. The normalized spacial score (nSPS) is 10.3. The van der Waals surface area contributed by atoms with Crippen molar-refractivity contribution in [3.8, 4) is 0 Å². The van der Waals surface area contributed by atoms with Crippen LogP contribution in [0.25, 0.3) is 0 Å². The third-order valence-electron chi connectivity index (χ3n) is 2.37. The summed E-state index contributed by atoms with van der Waals surface area (Å²) in [6, 6.07) is 7.64. The number of hydrogen-bond acceptors (Lipinski definition) is 1. The third-order valence-corrected chi connectivity index (χ3v) is 3.00. The van der Waals surface area contributed by atoms with Crippen LogP contribution in [0.5, 0.6) is 0 Å². The fourth-order valence-electron chi connectivity index (χ4n) is 1.48. The largest absolute Gasteiger partial charge is 0.322 e. The van der Waals surface area contributed by atoms with Gasteiger partial charge in [-0.15, -0.1) is 0 Å². The van der Waals surface area contributed by atoms with Gasteiger partial charge in [-0.2, -0.15) is 0 Å². The quantitative estimate of drug-likeness (QED) is 0.868. The van der Waals surface area contributed by atoms with Gasteiger partial charge in [0.25, 0.3) is 5.91 Å². The predicted octanol–water partition coefficient (Wildman–Crippen LogP) is 4.52. The second-order valence-electron chi connectivity index (χ2n) is 3.68. The summed E-state index contributed by atoms with van der Waals surface area (Å²) < 4.78 is 25.8. The molecule has 0 aliphatic carbocycles. The molecule has 0 aromatic heterocycles. The molecule has 0 aliphatic heterocycles. The molecular formula is C13H7Cl2F2NO. The molecule has 0 heterocycles. The maximum absolute atomic E-state index is 13.0. The van der Waals surface area contributed by atoms with Crippen molar-refractivity contribution in [1.82, 2.24) is 0 Å². The van der Waals surface area contributed by atoms with E-state index in [1.807, 2.05) is 0 Å². The summed E-state index contributed by atoms with van der Waals surface area (Å²) in [7, 11) is 0. The first kappa shape index (κ1) is 13.8. The van der Waals surface area contributed by atoms with Crippen molar-refractivity contribution in [1.29, 1.82) is 0 Å². The van der Waals surface area contributed by atoms with E-state index in [2.05, 4.69) is 5.32 Å². The highest BCUT2D eigenvalue weighted by Gasteiger charge is 2.15. The zero-order valence-corrected chi connectivity index (χ0v) is 10.9. The van der Waals surface area contributed by atoms with Crippen molar-refractivity contribution < 1.29 is 13.6 Å². The van der Waals surface area contributed by atoms with Crippen LogP contribution in [0.15, 0.2) is 36.4 Å². The number of hydrogen-bond donors (Lipinski definition) is 1. The molecule has 0 radical (unpaired) electrons. The first-order chi connectivity index (χ1) is 8.99. The summed E-state index contributed by atoms with van der Waals surface area (Å²) >= 11 is 11.7. The minimum atomic E-state index is -1.05. The standard InChI is InChI=1S/C13H7Cl2F2NO/c14-8-2-1-3-9(15)12(8)13(19)18-7-4-5-10(16)11(17)6-7/h1-6H,(H,18,19). The monoisotopic (exact) mass is 301 g/mol. The lowest BCUT2D eigenvalue weighted by Gasteiger charge is -2.08. The summed E-state index contributed by atoms with van der Waals surface area (Å²) in [6.07, 6.45) is 0. The van der Waals surface area contributed by atoms with E-state index >= 15 is 0 Å². The van der Waals surface area contributed by atoms with Crippen LogP contribution in [-0.2, 0) is 0 Å². The van der Waals surface area contributed by atoms with Crippen LogP contribution in [-0.4, -0.2) is 5.91 Å². The number of carbonyl (C=O) groups excluding carboxylic acids is 1. The van der Waals surface area contributed by atoms with E-state index in [0.717, 1.165) is 12.1 Å². The van der Waals surface area contributed by atoms with E-state index in [4.69, 9.17) is 23.2 Å². The average molecular weight is 302 g/mol. The minimum Gasteiger partial charge on any atom is -0.322 e. The van der Waals surface area contributed by atoms with Crippen LogP contribution in [0.4, 0.5) is 14.5 Å². The number of amides is 1. The highest BCUT2D eigenvalue weighted by molar-refractivity contribution is 6.40. The predicted molar refractivity (Wildman–Crippen MR) is 70.8 cm³/mol. The second-order valence-corrected chi connectivity index (χ2v) is 4.49. The molecule has 2 aromatic carbocycles. The Bertz CT molecular complexity index is 626. The highest BCUT2D eigenvalue weighted by Crippen LogP contribution is 2.25. The van der Waals surface area contributed by atoms with Crippen LogP contribution < -0.4 is 5.32 Å². The van der Waals surface area contributed by atoms with Gasteiger partial charge in [0, 0.05) is 11.8 Å². The molecule has 1 N–H and O–H groups in total. The van der Waals surface area contributed by atoms with Crippen LogP contribution in [0.2, 0.25) is 10.0 Å². The summed E-state index contributed by atoms with van der Waals surface area (Å²) in [6.45, 7) is 0. The Morgan fingerprint density at radius 1 is 1.00 bits per heavy atom. The second kappa shape index (κ2) is 5.55. The zero-order valence-electron chi connectivity index (χ0n) is 9.38. The molecule has 0 spiro atoms. The first-order valence-electron chi connectivity index (χ1n) is 5.19. The van der Waals surface area contributed by atoms with Crippen LogP contribution in [0.1, 0.15) is 10.4 Å². The molecule has 6 heteroatoms. The Morgan fingerprint density at radius 3 is 2.21 bits per heavy atom. The zero-order chi connectivity index (χ0) is 14.0.